The van der Waals surface area contributed by atoms with Crippen molar-refractivity contribution >= 4 is 6.09 Å². The average Bonchev–Trinajstić information content (AvgIpc) is 2.46. The highest BCUT2D eigenvalue weighted by Gasteiger charge is 2.33. The summed E-state index contributed by atoms with van der Waals surface area (Å²) in [5.74, 6) is -0.216. The quantitative estimate of drug-likeness (QED) is 0.898. The smallest absolute Gasteiger partial charge is 0.444 e. The molecule has 5 nitrogen and oxygen atoms in total. The minimum absolute atomic E-state index is 0.181. The van der Waals surface area contributed by atoms with Crippen molar-refractivity contribution in [2.75, 3.05) is 19.6 Å². The lowest BCUT2D eigenvalue weighted by Crippen LogP contribution is -2.54. The van der Waals surface area contributed by atoms with Crippen LogP contribution < -0.4 is 10.1 Å². The molecule has 2 rings (SSSR count). The van der Waals surface area contributed by atoms with Crippen LogP contribution >= 0.6 is 0 Å². The molecule has 1 atom stereocenters. The summed E-state index contributed by atoms with van der Waals surface area (Å²) < 4.78 is 47.0. The molecule has 1 amide bonds. The number of halogens is 3. The summed E-state index contributed by atoms with van der Waals surface area (Å²) in [7, 11) is 0. The van der Waals surface area contributed by atoms with Gasteiger partial charge in [0.1, 0.15) is 11.4 Å². The lowest BCUT2D eigenvalue weighted by molar-refractivity contribution is -0.274. The number of piperazine rings is 1. The van der Waals surface area contributed by atoms with E-state index in [4.69, 9.17) is 4.74 Å². The van der Waals surface area contributed by atoms with E-state index >= 15 is 0 Å². The monoisotopic (exact) mass is 360 g/mol. The minimum Gasteiger partial charge on any atom is -0.444 e. The SMILES string of the molecule is CC(C)(C)OC(=O)N1CCN[C@@H](Cc2ccccc2OC(F)(F)F)C1. The summed E-state index contributed by atoms with van der Waals surface area (Å²) in [5, 5.41) is 3.22. The van der Waals surface area contributed by atoms with E-state index in [-0.39, 0.29) is 11.8 Å². The molecule has 140 valence electrons. The van der Waals surface area contributed by atoms with Gasteiger partial charge in [-0.05, 0) is 38.8 Å². The minimum atomic E-state index is -4.74. The number of nitrogens with one attached hydrogen (secondary N) is 1. The lowest BCUT2D eigenvalue weighted by atomic mass is 10.0. The highest BCUT2D eigenvalue weighted by molar-refractivity contribution is 5.68. The zero-order chi connectivity index (χ0) is 18.7. The van der Waals surface area contributed by atoms with Crippen molar-refractivity contribution in [3.8, 4) is 5.75 Å². The van der Waals surface area contributed by atoms with Crippen LogP contribution in [0.2, 0.25) is 0 Å². The van der Waals surface area contributed by atoms with Gasteiger partial charge in [0.2, 0.25) is 0 Å². The number of carbonyl (C=O) groups is 1. The van der Waals surface area contributed by atoms with Gasteiger partial charge >= 0.3 is 12.5 Å². The van der Waals surface area contributed by atoms with E-state index in [1.54, 1.807) is 37.8 Å². The van der Waals surface area contributed by atoms with Gasteiger partial charge in [-0.15, -0.1) is 13.2 Å². The predicted molar refractivity (Wildman–Crippen MR) is 86.4 cm³/mol. The van der Waals surface area contributed by atoms with Crippen LogP contribution in [0.5, 0.6) is 5.75 Å². The number of carbonyl (C=O) groups excluding carboxylic acids is 1. The molecule has 1 N–H and O–H groups in total. The van der Waals surface area contributed by atoms with E-state index in [1.807, 2.05) is 0 Å². The summed E-state index contributed by atoms with van der Waals surface area (Å²) in [6.45, 7) is 6.76. The van der Waals surface area contributed by atoms with Crippen molar-refractivity contribution in [2.24, 2.45) is 0 Å². The summed E-state index contributed by atoms with van der Waals surface area (Å²) in [4.78, 5) is 13.7. The summed E-state index contributed by atoms with van der Waals surface area (Å²) >= 11 is 0. The molecule has 0 saturated carbocycles. The molecular weight excluding hydrogens is 337 g/mol. The van der Waals surface area contributed by atoms with E-state index in [0.717, 1.165) is 0 Å². The van der Waals surface area contributed by atoms with E-state index in [0.29, 0.717) is 31.6 Å². The summed E-state index contributed by atoms with van der Waals surface area (Å²) in [5.41, 5.74) is -0.159. The molecule has 0 aliphatic carbocycles. The Morgan fingerprint density at radius 1 is 1.28 bits per heavy atom. The molecule has 0 bridgehead atoms. The number of hydrogen-bond acceptors (Lipinski definition) is 4. The third kappa shape index (κ3) is 6.45. The molecule has 1 aromatic carbocycles. The first-order chi connectivity index (χ1) is 11.5. The number of benzene rings is 1. The third-order valence-electron chi connectivity index (χ3n) is 3.57. The normalized spacial score (nSPS) is 18.8. The number of alkyl halides is 3. The van der Waals surface area contributed by atoms with Gasteiger partial charge in [0.25, 0.3) is 0 Å². The number of ether oxygens (including phenoxy) is 2. The lowest BCUT2D eigenvalue weighted by Gasteiger charge is -2.35. The van der Waals surface area contributed by atoms with Crippen molar-refractivity contribution < 1.29 is 27.4 Å². The summed E-state index contributed by atoms with van der Waals surface area (Å²) in [6, 6.07) is 5.85. The number of hydrogen-bond donors (Lipinski definition) is 1. The maximum Gasteiger partial charge on any atom is 0.573 e. The van der Waals surface area contributed by atoms with E-state index in [9.17, 15) is 18.0 Å². The van der Waals surface area contributed by atoms with Crippen molar-refractivity contribution in [2.45, 2.75) is 45.2 Å². The molecule has 1 aromatic rings. The molecule has 1 fully saturated rings. The van der Waals surface area contributed by atoms with E-state index in [1.165, 1.54) is 12.1 Å². The Labute approximate surface area is 145 Å². The van der Waals surface area contributed by atoms with Crippen LogP contribution in [0, 0.1) is 0 Å². The van der Waals surface area contributed by atoms with Gasteiger partial charge in [0.05, 0.1) is 0 Å². The van der Waals surface area contributed by atoms with Crippen LogP contribution in [0.3, 0.4) is 0 Å². The fourth-order valence-electron chi connectivity index (χ4n) is 2.62. The van der Waals surface area contributed by atoms with Crippen molar-refractivity contribution in [1.29, 1.82) is 0 Å². The molecule has 0 radical (unpaired) electrons. The maximum absolute atomic E-state index is 12.5. The van der Waals surface area contributed by atoms with Crippen LogP contribution in [0.4, 0.5) is 18.0 Å². The van der Waals surface area contributed by atoms with Crippen LogP contribution in [-0.2, 0) is 11.2 Å². The molecule has 0 spiro atoms. The van der Waals surface area contributed by atoms with Gasteiger partial charge < -0.3 is 19.7 Å². The Morgan fingerprint density at radius 3 is 2.60 bits per heavy atom. The topological polar surface area (TPSA) is 50.8 Å². The zero-order valence-electron chi connectivity index (χ0n) is 14.5. The van der Waals surface area contributed by atoms with Crippen LogP contribution in [-0.4, -0.2) is 48.6 Å². The first-order valence-electron chi connectivity index (χ1n) is 8.08. The highest BCUT2D eigenvalue weighted by Crippen LogP contribution is 2.27. The third-order valence-corrected chi connectivity index (χ3v) is 3.57. The number of nitrogens with zero attached hydrogens (tertiary/aromatic N) is 1. The van der Waals surface area contributed by atoms with Gasteiger partial charge in [-0.2, -0.15) is 0 Å². The number of amides is 1. The number of rotatable bonds is 3. The highest BCUT2D eigenvalue weighted by atomic mass is 19.4. The first kappa shape index (κ1) is 19.4. The second kappa shape index (κ2) is 7.51. The number of para-hydroxylation sites is 1. The van der Waals surface area contributed by atoms with Crippen LogP contribution in [0.25, 0.3) is 0 Å². The van der Waals surface area contributed by atoms with Gasteiger partial charge in [0, 0.05) is 25.7 Å². The Hall–Kier alpha value is -1.96. The van der Waals surface area contributed by atoms with Crippen molar-refractivity contribution in [1.82, 2.24) is 10.2 Å². The fraction of sp³-hybridized carbons (Fsp3) is 0.588. The van der Waals surface area contributed by atoms with Crippen LogP contribution in [0.1, 0.15) is 26.3 Å². The van der Waals surface area contributed by atoms with Crippen molar-refractivity contribution in [3.63, 3.8) is 0 Å². The molecule has 8 heteroatoms. The molecule has 0 unspecified atom stereocenters. The Bertz CT molecular complexity index is 600. The van der Waals surface area contributed by atoms with Gasteiger partial charge in [0.15, 0.2) is 0 Å². The molecular formula is C17H23F3N2O3. The van der Waals surface area contributed by atoms with Gasteiger partial charge in [-0.25, -0.2) is 4.79 Å². The first-order valence-corrected chi connectivity index (χ1v) is 8.08. The second-order valence-corrected chi connectivity index (χ2v) is 6.94. The molecule has 1 aliphatic rings. The summed E-state index contributed by atoms with van der Waals surface area (Å²) in [6.07, 6.45) is -4.84. The van der Waals surface area contributed by atoms with E-state index in [2.05, 4.69) is 10.1 Å². The fourth-order valence-corrected chi connectivity index (χ4v) is 2.62. The van der Waals surface area contributed by atoms with E-state index < -0.39 is 18.1 Å². The van der Waals surface area contributed by atoms with Crippen LogP contribution in [0.15, 0.2) is 24.3 Å². The predicted octanol–water partition coefficient (Wildman–Crippen LogP) is 3.34. The molecule has 1 saturated heterocycles. The molecule has 25 heavy (non-hydrogen) atoms. The maximum atomic E-state index is 12.5. The average molecular weight is 360 g/mol. The Morgan fingerprint density at radius 2 is 1.96 bits per heavy atom. The Balaban J connectivity index is 2.02. The molecule has 1 heterocycles. The zero-order valence-corrected chi connectivity index (χ0v) is 14.5. The standard InChI is InChI=1S/C17H23F3N2O3/c1-16(2,3)25-15(23)22-9-8-21-13(11-22)10-12-6-4-5-7-14(12)24-17(18,19)20/h4-7,13,21H,8-11H2,1-3H3/t13-/m0/s1. The molecule has 0 aromatic heterocycles. The largest absolute Gasteiger partial charge is 0.573 e. The van der Waals surface area contributed by atoms with Gasteiger partial charge in [-0.3, -0.25) is 0 Å². The Kier molecular flexibility index (Phi) is 5.82. The second-order valence-electron chi connectivity index (χ2n) is 6.94. The van der Waals surface area contributed by atoms with Crippen molar-refractivity contribution in [3.05, 3.63) is 29.8 Å². The van der Waals surface area contributed by atoms with Gasteiger partial charge in [-0.1, -0.05) is 18.2 Å². The molecule has 1 aliphatic heterocycles.